The number of nitrogens with one attached hydrogen (secondary N) is 3. The van der Waals surface area contributed by atoms with Crippen LogP contribution < -0.4 is 16.0 Å². The van der Waals surface area contributed by atoms with Gasteiger partial charge in [0.05, 0.1) is 39.6 Å². The molecule has 0 atom stereocenters. The second-order valence-corrected chi connectivity index (χ2v) is 3.92. The van der Waals surface area contributed by atoms with Gasteiger partial charge in [-0.25, -0.2) is 0 Å². The van der Waals surface area contributed by atoms with E-state index in [0.717, 1.165) is 26.2 Å². The highest BCUT2D eigenvalue weighted by molar-refractivity contribution is 4.48. The van der Waals surface area contributed by atoms with Crippen LogP contribution in [-0.2, 0) is 9.47 Å². The third-order valence-corrected chi connectivity index (χ3v) is 2.27. The summed E-state index contributed by atoms with van der Waals surface area (Å²) in [7, 11) is 0. The van der Waals surface area contributed by atoms with Crippen LogP contribution in [0.15, 0.2) is 0 Å². The summed E-state index contributed by atoms with van der Waals surface area (Å²) in [6.07, 6.45) is 0. The number of hydrogen-bond acceptors (Lipinski definition) is 7. The number of ether oxygens (including phenoxy) is 2. The fourth-order valence-corrected chi connectivity index (χ4v) is 1.31. The molecule has 0 aromatic heterocycles. The van der Waals surface area contributed by atoms with Crippen LogP contribution in [-0.4, -0.2) is 89.1 Å². The van der Waals surface area contributed by atoms with Crippen LogP contribution in [0.4, 0.5) is 0 Å². The lowest BCUT2D eigenvalue weighted by molar-refractivity contribution is 0.122. The zero-order chi connectivity index (χ0) is 14.0. The molecule has 116 valence electrons. The lowest BCUT2D eigenvalue weighted by Crippen LogP contribution is -2.28. The highest BCUT2D eigenvalue weighted by Crippen LogP contribution is 1.75. The molecule has 7 nitrogen and oxygen atoms in total. The first kappa shape index (κ1) is 18.7. The van der Waals surface area contributed by atoms with Gasteiger partial charge in [-0.3, -0.25) is 0 Å². The van der Waals surface area contributed by atoms with Crippen molar-refractivity contribution in [1.82, 2.24) is 16.0 Å². The quantitative estimate of drug-likeness (QED) is 0.204. The monoisotopic (exact) mass is 279 g/mol. The molecule has 0 saturated heterocycles. The molecule has 0 heterocycles. The van der Waals surface area contributed by atoms with E-state index in [-0.39, 0.29) is 13.2 Å². The second-order valence-electron chi connectivity index (χ2n) is 3.92. The third-order valence-electron chi connectivity index (χ3n) is 2.27. The van der Waals surface area contributed by atoms with Crippen molar-refractivity contribution >= 4 is 0 Å². The van der Waals surface area contributed by atoms with Crippen molar-refractivity contribution in [3.63, 3.8) is 0 Å². The smallest absolute Gasteiger partial charge is 0.0591 e. The summed E-state index contributed by atoms with van der Waals surface area (Å²) in [4.78, 5) is 0. The van der Waals surface area contributed by atoms with Crippen molar-refractivity contribution in [3.05, 3.63) is 0 Å². The van der Waals surface area contributed by atoms with Crippen LogP contribution in [0, 0.1) is 0 Å². The molecule has 0 aromatic rings. The van der Waals surface area contributed by atoms with Gasteiger partial charge in [-0.2, -0.15) is 0 Å². The van der Waals surface area contributed by atoms with E-state index in [1.165, 1.54) is 0 Å². The van der Waals surface area contributed by atoms with Gasteiger partial charge in [0.1, 0.15) is 0 Å². The zero-order valence-corrected chi connectivity index (χ0v) is 11.7. The summed E-state index contributed by atoms with van der Waals surface area (Å²) in [6.45, 7) is 7.40. The van der Waals surface area contributed by atoms with E-state index < -0.39 is 0 Å². The van der Waals surface area contributed by atoms with Crippen molar-refractivity contribution in [1.29, 1.82) is 0 Å². The maximum absolute atomic E-state index is 8.53. The summed E-state index contributed by atoms with van der Waals surface area (Å²) in [5.74, 6) is 0. The van der Waals surface area contributed by atoms with E-state index in [1.54, 1.807) is 0 Å². The maximum Gasteiger partial charge on any atom is 0.0591 e. The van der Waals surface area contributed by atoms with Gasteiger partial charge in [-0.1, -0.05) is 0 Å². The molecule has 0 spiro atoms. The standard InChI is InChI=1S/C12H29N3O4/c16-7-1-13-3-9-18-11-5-15-6-12-19-10-4-14-2-8-17/h13-17H,1-12H2. The first-order chi connectivity index (χ1) is 9.41. The van der Waals surface area contributed by atoms with E-state index in [2.05, 4.69) is 16.0 Å². The van der Waals surface area contributed by atoms with E-state index in [4.69, 9.17) is 19.7 Å². The first-order valence-electron chi connectivity index (χ1n) is 6.91. The SMILES string of the molecule is OCCNCCOCCNCCOCCNCCO. The molecule has 5 N–H and O–H groups in total. The number of aliphatic hydroxyl groups excluding tert-OH is 2. The molecule has 0 aliphatic rings. The predicted molar refractivity (Wildman–Crippen MR) is 74.4 cm³/mol. The van der Waals surface area contributed by atoms with Crippen LogP contribution in [0.25, 0.3) is 0 Å². The van der Waals surface area contributed by atoms with Crippen LogP contribution >= 0.6 is 0 Å². The second kappa shape index (κ2) is 17.7. The minimum Gasteiger partial charge on any atom is -0.395 e. The van der Waals surface area contributed by atoms with Crippen LogP contribution in [0.5, 0.6) is 0 Å². The molecule has 0 rings (SSSR count). The minimum atomic E-state index is 0.164. The minimum absolute atomic E-state index is 0.164. The average molecular weight is 279 g/mol. The molecule has 7 heteroatoms. The van der Waals surface area contributed by atoms with E-state index in [1.807, 2.05) is 0 Å². The predicted octanol–water partition coefficient (Wildman–Crippen LogP) is -2.23. The van der Waals surface area contributed by atoms with Gasteiger partial charge in [0, 0.05) is 39.3 Å². The fourth-order valence-electron chi connectivity index (χ4n) is 1.31. The maximum atomic E-state index is 8.53. The normalized spacial score (nSPS) is 11.1. The Bertz CT molecular complexity index is 148. The highest BCUT2D eigenvalue weighted by Gasteiger charge is 1.91. The molecule has 0 saturated carbocycles. The molecule has 0 aliphatic heterocycles. The summed E-state index contributed by atoms with van der Waals surface area (Å²) in [5, 5.41) is 26.4. The topological polar surface area (TPSA) is 95.0 Å². The van der Waals surface area contributed by atoms with E-state index in [9.17, 15) is 0 Å². The number of aliphatic hydroxyl groups is 2. The number of rotatable bonds is 16. The van der Waals surface area contributed by atoms with Crippen molar-refractivity contribution in [2.24, 2.45) is 0 Å². The van der Waals surface area contributed by atoms with Crippen LogP contribution in [0.1, 0.15) is 0 Å². The molecule has 0 amide bonds. The molecular formula is C12H29N3O4. The number of hydrogen-bond donors (Lipinski definition) is 5. The van der Waals surface area contributed by atoms with Crippen molar-refractivity contribution in [2.45, 2.75) is 0 Å². The highest BCUT2D eigenvalue weighted by atomic mass is 16.5. The van der Waals surface area contributed by atoms with Crippen molar-refractivity contribution < 1.29 is 19.7 Å². The molecule has 0 bridgehead atoms. The average Bonchev–Trinajstić information content (AvgIpc) is 2.43. The summed E-state index contributed by atoms with van der Waals surface area (Å²) >= 11 is 0. The Morgan fingerprint density at radius 1 is 0.526 bits per heavy atom. The van der Waals surface area contributed by atoms with Gasteiger partial charge < -0.3 is 35.6 Å². The largest absolute Gasteiger partial charge is 0.395 e. The summed E-state index contributed by atoms with van der Waals surface area (Å²) in [5.41, 5.74) is 0. The third kappa shape index (κ3) is 17.7. The van der Waals surface area contributed by atoms with Crippen LogP contribution in [0.3, 0.4) is 0 Å². The lowest BCUT2D eigenvalue weighted by Gasteiger charge is -2.08. The summed E-state index contributed by atoms with van der Waals surface area (Å²) in [6, 6.07) is 0. The molecule has 0 fully saturated rings. The molecule has 19 heavy (non-hydrogen) atoms. The molecule has 0 unspecified atom stereocenters. The molecule has 0 radical (unpaired) electrons. The van der Waals surface area contributed by atoms with Crippen molar-refractivity contribution in [2.75, 3.05) is 78.9 Å². The Kier molecular flexibility index (Phi) is 17.5. The Morgan fingerprint density at radius 3 is 1.16 bits per heavy atom. The van der Waals surface area contributed by atoms with Gasteiger partial charge in [0.2, 0.25) is 0 Å². The summed E-state index contributed by atoms with van der Waals surface area (Å²) < 4.78 is 10.7. The van der Waals surface area contributed by atoms with Gasteiger partial charge in [-0.05, 0) is 0 Å². The Morgan fingerprint density at radius 2 is 0.842 bits per heavy atom. The van der Waals surface area contributed by atoms with Gasteiger partial charge in [0.15, 0.2) is 0 Å². The van der Waals surface area contributed by atoms with Crippen LogP contribution in [0.2, 0.25) is 0 Å². The Labute approximate surface area is 115 Å². The van der Waals surface area contributed by atoms with Crippen molar-refractivity contribution in [3.8, 4) is 0 Å². The fraction of sp³-hybridized carbons (Fsp3) is 1.00. The Balaban J connectivity index is 2.88. The zero-order valence-electron chi connectivity index (χ0n) is 11.7. The lowest BCUT2D eigenvalue weighted by atomic mass is 10.6. The van der Waals surface area contributed by atoms with Gasteiger partial charge in [0.25, 0.3) is 0 Å². The molecular weight excluding hydrogens is 250 g/mol. The van der Waals surface area contributed by atoms with E-state index in [0.29, 0.717) is 39.5 Å². The van der Waals surface area contributed by atoms with Gasteiger partial charge >= 0.3 is 0 Å². The van der Waals surface area contributed by atoms with Gasteiger partial charge in [-0.15, -0.1) is 0 Å². The Hall–Kier alpha value is -0.280. The molecule has 0 aromatic carbocycles. The molecule has 0 aliphatic carbocycles. The van der Waals surface area contributed by atoms with E-state index >= 15 is 0 Å². The first-order valence-corrected chi connectivity index (χ1v) is 6.91.